The fourth-order valence-corrected chi connectivity index (χ4v) is 1.71. The molecule has 0 fully saturated rings. The maximum Gasteiger partial charge on any atom is 0.159 e. The molecule has 0 spiro atoms. The van der Waals surface area contributed by atoms with Gasteiger partial charge in [0.1, 0.15) is 0 Å². The van der Waals surface area contributed by atoms with Crippen LogP contribution in [0, 0.1) is 28.9 Å². The minimum atomic E-state index is -0.884. The number of hydrogen-bond donors (Lipinski definition) is 1. The van der Waals surface area contributed by atoms with Crippen molar-refractivity contribution in [3.8, 4) is 6.07 Å². The van der Waals surface area contributed by atoms with Crippen molar-refractivity contribution >= 4 is 0 Å². The van der Waals surface area contributed by atoms with E-state index in [9.17, 15) is 8.78 Å². The van der Waals surface area contributed by atoms with E-state index in [1.54, 1.807) is 7.05 Å². The van der Waals surface area contributed by atoms with Gasteiger partial charge < -0.3 is 5.32 Å². The molecule has 2 atom stereocenters. The van der Waals surface area contributed by atoms with Crippen LogP contribution in [0.1, 0.15) is 24.9 Å². The van der Waals surface area contributed by atoms with E-state index in [0.717, 1.165) is 12.1 Å². The average Bonchev–Trinajstić information content (AvgIpc) is 2.29. The monoisotopic (exact) mass is 224 g/mol. The van der Waals surface area contributed by atoms with Gasteiger partial charge in [0.15, 0.2) is 11.6 Å². The molecule has 0 amide bonds. The molecule has 0 aliphatic carbocycles. The summed E-state index contributed by atoms with van der Waals surface area (Å²) in [5.41, 5.74) is 0.592. The SMILES string of the molecule is CCC(C#N)C(NC)c1ccc(F)c(F)c1. The van der Waals surface area contributed by atoms with E-state index in [4.69, 9.17) is 5.26 Å². The lowest BCUT2D eigenvalue weighted by Gasteiger charge is -2.20. The van der Waals surface area contributed by atoms with E-state index in [1.165, 1.54) is 6.07 Å². The van der Waals surface area contributed by atoms with Crippen LogP contribution in [0.5, 0.6) is 0 Å². The first-order chi connectivity index (χ1) is 7.63. The molecule has 1 aromatic rings. The second-order valence-electron chi connectivity index (χ2n) is 3.58. The summed E-state index contributed by atoms with van der Waals surface area (Å²) in [6, 6.07) is 5.60. The van der Waals surface area contributed by atoms with Crippen molar-refractivity contribution in [3.05, 3.63) is 35.4 Å². The standard InChI is InChI=1S/C12H14F2N2/c1-3-8(7-15)12(16-2)9-4-5-10(13)11(14)6-9/h4-6,8,12,16H,3H2,1-2H3. The Labute approximate surface area is 93.9 Å². The van der Waals surface area contributed by atoms with E-state index in [1.807, 2.05) is 6.92 Å². The normalized spacial score (nSPS) is 14.2. The summed E-state index contributed by atoms with van der Waals surface area (Å²) in [5.74, 6) is -2.01. The smallest absolute Gasteiger partial charge is 0.159 e. The lowest BCUT2D eigenvalue weighted by molar-refractivity contribution is 0.442. The fourth-order valence-electron chi connectivity index (χ4n) is 1.71. The first kappa shape index (κ1) is 12.6. The summed E-state index contributed by atoms with van der Waals surface area (Å²) in [4.78, 5) is 0. The zero-order chi connectivity index (χ0) is 12.1. The Kier molecular flexibility index (Phi) is 4.39. The predicted octanol–water partition coefficient (Wildman–Crippen LogP) is 2.78. The van der Waals surface area contributed by atoms with E-state index in [-0.39, 0.29) is 12.0 Å². The Bertz CT molecular complexity index is 398. The van der Waals surface area contributed by atoms with Gasteiger partial charge in [0.05, 0.1) is 12.0 Å². The van der Waals surface area contributed by atoms with Gasteiger partial charge in [-0.15, -0.1) is 0 Å². The largest absolute Gasteiger partial charge is 0.312 e. The summed E-state index contributed by atoms with van der Waals surface area (Å²) in [7, 11) is 1.70. The Morgan fingerprint density at radius 2 is 2.06 bits per heavy atom. The topological polar surface area (TPSA) is 35.8 Å². The molecule has 0 heterocycles. The van der Waals surface area contributed by atoms with E-state index in [0.29, 0.717) is 12.0 Å². The minimum Gasteiger partial charge on any atom is -0.312 e. The fraction of sp³-hybridized carbons (Fsp3) is 0.417. The molecule has 86 valence electrons. The van der Waals surface area contributed by atoms with Gasteiger partial charge in [-0.1, -0.05) is 13.0 Å². The molecular formula is C12H14F2N2. The average molecular weight is 224 g/mol. The number of benzene rings is 1. The zero-order valence-electron chi connectivity index (χ0n) is 9.30. The van der Waals surface area contributed by atoms with Crippen molar-refractivity contribution in [3.63, 3.8) is 0 Å². The zero-order valence-corrected chi connectivity index (χ0v) is 9.30. The molecule has 0 bridgehead atoms. The molecule has 0 aliphatic heterocycles. The molecule has 0 aliphatic rings. The van der Waals surface area contributed by atoms with Gasteiger partial charge in [-0.2, -0.15) is 5.26 Å². The van der Waals surface area contributed by atoms with Crippen LogP contribution in [0.25, 0.3) is 0 Å². The van der Waals surface area contributed by atoms with Gasteiger partial charge in [-0.3, -0.25) is 0 Å². The van der Waals surface area contributed by atoms with Crippen molar-refractivity contribution in [1.82, 2.24) is 5.32 Å². The van der Waals surface area contributed by atoms with Crippen LogP contribution in [0.4, 0.5) is 8.78 Å². The van der Waals surface area contributed by atoms with Gasteiger partial charge in [0.2, 0.25) is 0 Å². The lowest BCUT2D eigenvalue weighted by atomic mass is 9.92. The summed E-state index contributed by atoms with van der Waals surface area (Å²) in [5, 5.41) is 11.9. The molecule has 2 nitrogen and oxygen atoms in total. The van der Waals surface area contributed by atoms with Crippen molar-refractivity contribution in [2.45, 2.75) is 19.4 Å². The molecule has 0 saturated heterocycles. The van der Waals surface area contributed by atoms with Crippen molar-refractivity contribution in [1.29, 1.82) is 5.26 Å². The third-order valence-electron chi connectivity index (χ3n) is 2.62. The number of halogens is 2. The quantitative estimate of drug-likeness (QED) is 0.853. The van der Waals surface area contributed by atoms with Crippen LogP contribution in [0.2, 0.25) is 0 Å². The van der Waals surface area contributed by atoms with Gasteiger partial charge >= 0.3 is 0 Å². The highest BCUT2D eigenvalue weighted by Gasteiger charge is 2.20. The van der Waals surface area contributed by atoms with Gasteiger partial charge in [0.25, 0.3) is 0 Å². The Hall–Kier alpha value is -1.47. The minimum absolute atomic E-state index is 0.255. The summed E-state index contributed by atoms with van der Waals surface area (Å²) >= 11 is 0. The van der Waals surface area contributed by atoms with E-state index < -0.39 is 11.6 Å². The molecule has 0 radical (unpaired) electrons. The Balaban J connectivity index is 3.04. The number of rotatable bonds is 4. The van der Waals surface area contributed by atoms with Crippen LogP contribution >= 0.6 is 0 Å². The van der Waals surface area contributed by atoms with Gasteiger partial charge in [-0.05, 0) is 31.2 Å². The second kappa shape index (κ2) is 5.57. The summed E-state index contributed by atoms with van der Waals surface area (Å²) < 4.78 is 25.8. The van der Waals surface area contributed by atoms with E-state index in [2.05, 4.69) is 11.4 Å². The van der Waals surface area contributed by atoms with Gasteiger partial charge in [0, 0.05) is 6.04 Å². The first-order valence-electron chi connectivity index (χ1n) is 5.15. The van der Waals surface area contributed by atoms with Crippen LogP contribution in [0.3, 0.4) is 0 Å². The van der Waals surface area contributed by atoms with Crippen molar-refractivity contribution < 1.29 is 8.78 Å². The molecule has 1 aromatic carbocycles. The number of hydrogen-bond acceptors (Lipinski definition) is 2. The van der Waals surface area contributed by atoms with Crippen LogP contribution in [-0.4, -0.2) is 7.05 Å². The second-order valence-corrected chi connectivity index (χ2v) is 3.58. The van der Waals surface area contributed by atoms with Crippen molar-refractivity contribution in [2.75, 3.05) is 7.05 Å². The molecule has 1 N–H and O–H groups in total. The number of nitriles is 1. The maximum atomic E-state index is 13.1. The highest BCUT2D eigenvalue weighted by Crippen LogP contribution is 2.25. The van der Waals surface area contributed by atoms with Crippen molar-refractivity contribution in [2.24, 2.45) is 5.92 Å². The molecule has 0 aromatic heterocycles. The summed E-state index contributed by atoms with van der Waals surface area (Å²) in [6.45, 7) is 1.89. The third-order valence-corrected chi connectivity index (χ3v) is 2.62. The highest BCUT2D eigenvalue weighted by molar-refractivity contribution is 5.23. The molecule has 2 unspecified atom stereocenters. The highest BCUT2D eigenvalue weighted by atomic mass is 19.2. The van der Waals surface area contributed by atoms with Crippen LogP contribution < -0.4 is 5.32 Å². The number of nitrogens with one attached hydrogen (secondary N) is 1. The summed E-state index contributed by atoms with van der Waals surface area (Å²) in [6.07, 6.45) is 0.654. The van der Waals surface area contributed by atoms with Crippen LogP contribution in [-0.2, 0) is 0 Å². The molecule has 1 rings (SSSR count). The third kappa shape index (κ3) is 2.56. The maximum absolute atomic E-state index is 13.1. The van der Waals surface area contributed by atoms with Gasteiger partial charge in [-0.25, -0.2) is 8.78 Å². The molecule has 0 saturated carbocycles. The Morgan fingerprint density at radius 1 is 1.38 bits per heavy atom. The molecular weight excluding hydrogens is 210 g/mol. The lowest BCUT2D eigenvalue weighted by Crippen LogP contribution is -2.24. The van der Waals surface area contributed by atoms with E-state index >= 15 is 0 Å². The predicted molar refractivity (Wildman–Crippen MR) is 57.6 cm³/mol. The molecule has 4 heteroatoms. The number of nitrogens with zero attached hydrogens (tertiary/aromatic N) is 1. The molecule has 16 heavy (non-hydrogen) atoms. The first-order valence-corrected chi connectivity index (χ1v) is 5.15. The van der Waals surface area contributed by atoms with Crippen LogP contribution in [0.15, 0.2) is 18.2 Å². The Morgan fingerprint density at radius 3 is 2.50 bits per heavy atom.